The molecule has 2 aromatic rings. The number of fused-ring (bicyclic) bond motifs is 1. The van der Waals surface area contributed by atoms with Crippen molar-refractivity contribution in [1.82, 2.24) is 5.32 Å². The van der Waals surface area contributed by atoms with Crippen molar-refractivity contribution in [3.63, 3.8) is 0 Å². The van der Waals surface area contributed by atoms with E-state index in [0.717, 1.165) is 22.5 Å². The molecule has 0 saturated carbocycles. The summed E-state index contributed by atoms with van der Waals surface area (Å²) in [7, 11) is -4.46. The first-order valence-electron chi connectivity index (χ1n) is 11.5. The van der Waals surface area contributed by atoms with Crippen molar-refractivity contribution >= 4 is 27.6 Å². The molecule has 12 heteroatoms. The van der Waals surface area contributed by atoms with Crippen molar-refractivity contribution in [2.75, 3.05) is 17.4 Å². The summed E-state index contributed by atoms with van der Waals surface area (Å²) < 4.78 is 79.4. The monoisotopic (exact) mass is 542 g/mol. The maximum Gasteiger partial charge on any atom is 0.416 e. The Morgan fingerprint density at radius 1 is 1.14 bits per heavy atom. The van der Waals surface area contributed by atoms with Crippen LogP contribution in [0, 0.1) is 0 Å². The number of anilines is 1. The highest BCUT2D eigenvalue weighted by molar-refractivity contribution is 7.92. The lowest BCUT2D eigenvalue weighted by Gasteiger charge is -2.36. The summed E-state index contributed by atoms with van der Waals surface area (Å²) in [5.41, 5.74) is -1.27. The fourth-order valence-electron chi connectivity index (χ4n) is 3.76. The Kier molecular flexibility index (Phi) is 8.11. The summed E-state index contributed by atoms with van der Waals surface area (Å²) in [6, 6.07) is 8.06. The summed E-state index contributed by atoms with van der Waals surface area (Å²) in [5.74, 6) is -0.608. The number of rotatable bonds is 7. The van der Waals surface area contributed by atoms with Gasteiger partial charge in [0.2, 0.25) is 5.91 Å². The molecular weight excluding hydrogens is 513 g/mol. The number of halogens is 3. The highest BCUT2D eigenvalue weighted by Gasteiger charge is 2.37. The second-order valence-electron chi connectivity index (χ2n) is 9.64. The fourth-order valence-corrected chi connectivity index (χ4v) is 5.30. The van der Waals surface area contributed by atoms with Gasteiger partial charge in [-0.1, -0.05) is 12.1 Å². The second kappa shape index (κ2) is 10.6. The molecule has 1 amide bonds. The number of hydrogen-bond acceptors (Lipinski definition) is 6. The molecule has 8 nitrogen and oxygen atoms in total. The highest BCUT2D eigenvalue weighted by atomic mass is 32.2. The number of nitrogens with one attached hydrogen (secondary N) is 1. The summed E-state index contributed by atoms with van der Waals surface area (Å²) in [5, 5.41) is 2.61. The van der Waals surface area contributed by atoms with Crippen molar-refractivity contribution < 1.29 is 40.7 Å². The molecule has 202 valence electrons. The van der Waals surface area contributed by atoms with E-state index in [1.165, 1.54) is 19.1 Å². The largest absolute Gasteiger partial charge is 0.486 e. The van der Waals surface area contributed by atoms with E-state index >= 15 is 0 Å². The molecule has 0 unspecified atom stereocenters. The van der Waals surface area contributed by atoms with Gasteiger partial charge in [-0.15, -0.1) is 0 Å². The van der Waals surface area contributed by atoms with Crippen LogP contribution in [0.1, 0.15) is 45.2 Å². The second-order valence-corrected chi connectivity index (χ2v) is 11.5. The van der Waals surface area contributed by atoms with E-state index < -0.39 is 44.3 Å². The molecular formula is C25H29F3N2O6S. The molecule has 0 saturated heterocycles. The average molecular weight is 543 g/mol. The van der Waals surface area contributed by atoms with Gasteiger partial charge >= 0.3 is 12.1 Å². The van der Waals surface area contributed by atoms with Gasteiger partial charge in [0.05, 0.1) is 29.1 Å². The molecule has 2 aromatic carbocycles. The smallest absolute Gasteiger partial charge is 0.416 e. The number of ether oxygens (including phenoxy) is 2. The number of hydrogen-bond donors (Lipinski definition) is 1. The molecule has 0 radical (unpaired) electrons. The van der Waals surface area contributed by atoms with Gasteiger partial charge in [-0.3, -0.25) is 13.9 Å². The molecule has 1 atom stereocenters. The Morgan fingerprint density at radius 2 is 1.84 bits per heavy atom. The molecule has 1 aliphatic rings. The fraction of sp³-hybridized carbons (Fsp3) is 0.440. The minimum Gasteiger partial charge on any atom is -0.486 e. The van der Waals surface area contributed by atoms with Crippen molar-refractivity contribution in [1.29, 1.82) is 0 Å². The van der Waals surface area contributed by atoms with E-state index in [0.29, 0.717) is 11.6 Å². The van der Waals surface area contributed by atoms with Gasteiger partial charge in [-0.05, 0) is 56.7 Å². The highest BCUT2D eigenvalue weighted by Crippen LogP contribution is 2.39. The maximum absolute atomic E-state index is 13.6. The zero-order chi connectivity index (χ0) is 27.6. The number of carbonyl (C=O) groups excluding carboxylic acids is 2. The average Bonchev–Trinajstić information content (AvgIpc) is 2.76. The number of sulfonamides is 1. The van der Waals surface area contributed by atoms with Crippen LogP contribution < -0.4 is 14.4 Å². The van der Waals surface area contributed by atoms with Crippen LogP contribution in [0.2, 0.25) is 0 Å². The van der Waals surface area contributed by atoms with Gasteiger partial charge in [0.15, 0.2) is 0 Å². The van der Waals surface area contributed by atoms with Gasteiger partial charge in [-0.25, -0.2) is 8.42 Å². The number of alkyl halides is 3. The Bertz CT molecular complexity index is 1270. The Labute approximate surface area is 213 Å². The summed E-state index contributed by atoms with van der Waals surface area (Å²) in [4.78, 5) is 23.0. The third-order valence-corrected chi connectivity index (χ3v) is 7.09. The Balaban J connectivity index is 2.00. The van der Waals surface area contributed by atoms with Gasteiger partial charge in [0.1, 0.15) is 17.5 Å². The standard InChI is InChI=1S/C25H29F3N2O6S/c1-16(31)29-11-10-19-15-30(37(33,34)20-7-5-6-18(14-20)25(26,27)28)21-12-17(8-9-22(21)35-19)13-23(32)36-24(2,3)4/h5-9,12,14,19H,10-11,13,15H2,1-4H3,(H,29,31)/t19-/m0/s1. The predicted molar refractivity (Wildman–Crippen MR) is 130 cm³/mol. The van der Waals surface area contributed by atoms with E-state index in [9.17, 15) is 31.2 Å². The van der Waals surface area contributed by atoms with Crippen molar-refractivity contribution in [2.24, 2.45) is 0 Å². The molecule has 3 rings (SSSR count). The summed E-state index contributed by atoms with van der Waals surface area (Å²) in [6.45, 7) is 6.50. The van der Waals surface area contributed by atoms with Crippen LogP contribution in [-0.2, 0) is 36.9 Å². The normalized spacial score (nSPS) is 16.0. The predicted octanol–water partition coefficient (Wildman–Crippen LogP) is 4.07. The van der Waals surface area contributed by atoms with Gasteiger partial charge in [0, 0.05) is 19.9 Å². The van der Waals surface area contributed by atoms with Crippen LogP contribution in [0.25, 0.3) is 0 Å². The third-order valence-electron chi connectivity index (χ3n) is 5.31. The van der Waals surface area contributed by atoms with E-state index in [-0.39, 0.29) is 43.3 Å². The zero-order valence-corrected chi connectivity index (χ0v) is 21.7. The lowest BCUT2D eigenvalue weighted by atomic mass is 10.1. The summed E-state index contributed by atoms with van der Waals surface area (Å²) in [6.07, 6.45) is -5.30. The lowest BCUT2D eigenvalue weighted by molar-refractivity contribution is -0.154. The maximum atomic E-state index is 13.6. The molecule has 1 N–H and O–H groups in total. The molecule has 0 aliphatic carbocycles. The number of esters is 1. The number of amides is 1. The van der Waals surface area contributed by atoms with E-state index in [2.05, 4.69) is 5.32 Å². The molecule has 0 fully saturated rings. The van der Waals surface area contributed by atoms with E-state index in [1.807, 2.05) is 0 Å². The van der Waals surface area contributed by atoms with Crippen LogP contribution in [-0.4, -0.2) is 45.1 Å². The molecule has 1 aliphatic heterocycles. The molecule has 1 heterocycles. The molecule has 37 heavy (non-hydrogen) atoms. The molecule has 0 bridgehead atoms. The van der Waals surface area contributed by atoms with Crippen molar-refractivity contribution in [2.45, 2.75) is 63.3 Å². The zero-order valence-electron chi connectivity index (χ0n) is 20.9. The van der Waals surface area contributed by atoms with E-state index in [4.69, 9.17) is 9.47 Å². The van der Waals surface area contributed by atoms with Gasteiger partial charge in [-0.2, -0.15) is 13.2 Å². The minimum atomic E-state index is -4.73. The van der Waals surface area contributed by atoms with Crippen molar-refractivity contribution in [3.05, 3.63) is 53.6 Å². The van der Waals surface area contributed by atoms with Crippen LogP contribution in [0.5, 0.6) is 5.75 Å². The first kappa shape index (κ1) is 28.3. The topological polar surface area (TPSA) is 102 Å². The van der Waals surface area contributed by atoms with Crippen LogP contribution in [0.3, 0.4) is 0 Å². The Hall–Kier alpha value is -3.28. The molecule has 0 aromatic heterocycles. The number of carbonyl (C=O) groups is 2. The Morgan fingerprint density at radius 3 is 2.46 bits per heavy atom. The van der Waals surface area contributed by atoms with Crippen LogP contribution in [0.4, 0.5) is 18.9 Å². The minimum absolute atomic E-state index is 0.0919. The summed E-state index contributed by atoms with van der Waals surface area (Å²) >= 11 is 0. The van der Waals surface area contributed by atoms with Crippen molar-refractivity contribution in [3.8, 4) is 5.75 Å². The lowest BCUT2D eigenvalue weighted by Crippen LogP contribution is -2.44. The van der Waals surface area contributed by atoms with Gasteiger partial charge in [0.25, 0.3) is 10.0 Å². The number of benzene rings is 2. The first-order chi connectivity index (χ1) is 17.1. The third kappa shape index (κ3) is 7.37. The SMILES string of the molecule is CC(=O)NCC[C@H]1CN(S(=O)(=O)c2cccc(C(F)(F)F)c2)c2cc(CC(=O)OC(C)(C)C)ccc2O1. The van der Waals surface area contributed by atoms with Crippen LogP contribution >= 0.6 is 0 Å². The quantitative estimate of drug-likeness (QED) is 0.530. The first-order valence-corrected chi connectivity index (χ1v) is 13.0. The van der Waals surface area contributed by atoms with Gasteiger partial charge < -0.3 is 14.8 Å². The number of nitrogens with zero attached hydrogens (tertiary/aromatic N) is 1. The molecule has 0 spiro atoms. The van der Waals surface area contributed by atoms with Crippen LogP contribution in [0.15, 0.2) is 47.4 Å². The van der Waals surface area contributed by atoms with E-state index in [1.54, 1.807) is 26.8 Å².